The molecule has 0 spiro atoms. The Bertz CT molecular complexity index is 675. The fourth-order valence-electron chi connectivity index (χ4n) is 3.03. The van der Waals surface area contributed by atoms with Crippen molar-refractivity contribution >= 4 is 5.91 Å². The zero-order valence-electron chi connectivity index (χ0n) is 13.7. The summed E-state index contributed by atoms with van der Waals surface area (Å²) < 4.78 is 0. The van der Waals surface area contributed by atoms with Gasteiger partial charge < -0.3 is 10.4 Å². The number of β-amino-alcohol motifs (C(OH)–C–C–N with tert-alkyl or cyclic N) is 1. The van der Waals surface area contributed by atoms with Gasteiger partial charge in [-0.05, 0) is 29.2 Å². The molecule has 1 aliphatic heterocycles. The molecule has 0 aliphatic carbocycles. The SMILES string of the molecule is O=C(Cc1cccnc1)NCc1ccccc1CN1CC[C@@H](O)C1. The summed E-state index contributed by atoms with van der Waals surface area (Å²) in [5, 5.41) is 12.6. The Morgan fingerprint density at radius 2 is 2.08 bits per heavy atom. The molecule has 2 aromatic rings. The van der Waals surface area contributed by atoms with Crippen LogP contribution in [0.15, 0.2) is 48.8 Å². The molecule has 3 rings (SSSR count). The van der Waals surface area contributed by atoms with Crippen LogP contribution in [0.3, 0.4) is 0 Å². The van der Waals surface area contributed by atoms with E-state index in [-0.39, 0.29) is 12.0 Å². The Morgan fingerprint density at radius 3 is 2.79 bits per heavy atom. The molecule has 24 heavy (non-hydrogen) atoms. The number of nitrogens with zero attached hydrogens (tertiary/aromatic N) is 2. The van der Waals surface area contributed by atoms with Crippen molar-refractivity contribution in [2.75, 3.05) is 13.1 Å². The second-order valence-electron chi connectivity index (χ2n) is 6.26. The number of amides is 1. The molecule has 126 valence electrons. The number of hydrogen-bond donors (Lipinski definition) is 2. The van der Waals surface area contributed by atoms with E-state index in [1.54, 1.807) is 12.4 Å². The van der Waals surface area contributed by atoms with Crippen LogP contribution in [0.2, 0.25) is 0 Å². The predicted octanol–water partition coefficient (Wildman–Crippen LogP) is 1.51. The number of carbonyl (C=O) groups is 1. The summed E-state index contributed by atoms with van der Waals surface area (Å²) in [5.41, 5.74) is 3.24. The first kappa shape index (κ1) is 16.6. The van der Waals surface area contributed by atoms with E-state index in [0.29, 0.717) is 13.0 Å². The number of likely N-dealkylation sites (tertiary alicyclic amines) is 1. The van der Waals surface area contributed by atoms with Gasteiger partial charge in [0.15, 0.2) is 0 Å². The first-order chi connectivity index (χ1) is 11.7. The van der Waals surface area contributed by atoms with Gasteiger partial charge in [0.1, 0.15) is 0 Å². The van der Waals surface area contributed by atoms with Crippen LogP contribution in [-0.4, -0.2) is 40.1 Å². The van der Waals surface area contributed by atoms with Crippen LogP contribution < -0.4 is 5.32 Å². The highest BCUT2D eigenvalue weighted by Gasteiger charge is 2.20. The van der Waals surface area contributed by atoms with E-state index in [0.717, 1.165) is 37.2 Å². The quantitative estimate of drug-likeness (QED) is 0.845. The predicted molar refractivity (Wildman–Crippen MR) is 92.1 cm³/mol. The molecule has 5 nitrogen and oxygen atoms in total. The molecule has 1 fully saturated rings. The average Bonchev–Trinajstić information content (AvgIpc) is 3.00. The smallest absolute Gasteiger partial charge is 0.224 e. The molecule has 1 aromatic heterocycles. The molecule has 2 N–H and O–H groups in total. The number of aromatic nitrogens is 1. The number of pyridine rings is 1. The van der Waals surface area contributed by atoms with Gasteiger partial charge in [0.2, 0.25) is 5.91 Å². The van der Waals surface area contributed by atoms with E-state index < -0.39 is 0 Å². The maximum atomic E-state index is 12.1. The van der Waals surface area contributed by atoms with Crippen molar-refractivity contribution in [2.45, 2.75) is 32.0 Å². The molecule has 1 aromatic carbocycles. The summed E-state index contributed by atoms with van der Waals surface area (Å²) >= 11 is 0. The van der Waals surface area contributed by atoms with Crippen LogP contribution in [0.5, 0.6) is 0 Å². The van der Waals surface area contributed by atoms with E-state index >= 15 is 0 Å². The van der Waals surface area contributed by atoms with Crippen molar-refractivity contribution in [3.8, 4) is 0 Å². The molecule has 0 radical (unpaired) electrons. The number of carbonyl (C=O) groups excluding carboxylic acids is 1. The van der Waals surface area contributed by atoms with Gasteiger partial charge in [-0.15, -0.1) is 0 Å². The summed E-state index contributed by atoms with van der Waals surface area (Å²) in [6.07, 6.45) is 4.38. The number of aliphatic hydroxyl groups excluding tert-OH is 1. The third-order valence-corrected chi connectivity index (χ3v) is 4.32. The average molecular weight is 325 g/mol. The van der Waals surface area contributed by atoms with Crippen LogP contribution in [0, 0.1) is 0 Å². The molecule has 0 bridgehead atoms. The summed E-state index contributed by atoms with van der Waals surface area (Å²) in [7, 11) is 0. The van der Waals surface area contributed by atoms with Gasteiger partial charge in [-0.25, -0.2) is 0 Å². The summed E-state index contributed by atoms with van der Waals surface area (Å²) in [6, 6.07) is 11.9. The Kier molecular flexibility index (Phi) is 5.56. The fraction of sp³-hybridized carbons (Fsp3) is 0.368. The molecule has 1 aliphatic rings. The zero-order valence-corrected chi connectivity index (χ0v) is 13.7. The molecular formula is C19H23N3O2. The molecular weight excluding hydrogens is 302 g/mol. The Morgan fingerprint density at radius 1 is 1.25 bits per heavy atom. The molecule has 0 saturated carbocycles. The Labute approximate surface area is 142 Å². The fourth-order valence-corrected chi connectivity index (χ4v) is 3.03. The van der Waals surface area contributed by atoms with Crippen molar-refractivity contribution in [2.24, 2.45) is 0 Å². The maximum absolute atomic E-state index is 12.1. The van der Waals surface area contributed by atoms with E-state index in [1.165, 1.54) is 5.56 Å². The lowest BCUT2D eigenvalue weighted by Crippen LogP contribution is -2.26. The minimum absolute atomic E-state index is 0.00519. The van der Waals surface area contributed by atoms with E-state index in [2.05, 4.69) is 21.3 Å². The van der Waals surface area contributed by atoms with E-state index in [4.69, 9.17) is 0 Å². The molecule has 2 heterocycles. The van der Waals surface area contributed by atoms with Crippen LogP contribution in [-0.2, 0) is 24.3 Å². The van der Waals surface area contributed by atoms with Gasteiger partial charge in [-0.2, -0.15) is 0 Å². The largest absolute Gasteiger partial charge is 0.392 e. The van der Waals surface area contributed by atoms with Crippen molar-refractivity contribution in [3.05, 3.63) is 65.5 Å². The van der Waals surface area contributed by atoms with Crippen LogP contribution in [0.1, 0.15) is 23.1 Å². The summed E-state index contributed by atoms with van der Waals surface area (Å²) in [4.78, 5) is 18.4. The topological polar surface area (TPSA) is 65.5 Å². The standard InChI is InChI=1S/C19H23N3O2/c23-18-7-9-22(14-18)13-17-6-2-1-5-16(17)12-21-19(24)10-15-4-3-8-20-11-15/h1-6,8,11,18,23H,7,9-10,12-14H2,(H,21,24)/t18-/m1/s1. The number of rotatable bonds is 6. The van der Waals surface area contributed by atoms with Crippen molar-refractivity contribution in [1.29, 1.82) is 0 Å². The third-order valence-electron chi connectivity index (χ3n) is 4.32. The van der Waals surface area contributed by atoms with Crippen LogP contribution in [0.25, 0.3) is 0 Å². The number of aliphatic hydroxyl groups is 1. The van der Waals surface area contributed by atoms with Gasteiger partial charge in [-0.1, -0.05) is 30.3 Å². The van der Waals surface area contributed by atoms with Gasteiger partial charge in [0, 0.05) is 38.6 Å². The van der Waals surface area contributed by atoms with Gasteiger partial charge in [0.05, 0.1) is 12.5 Å². The third kappa shape index (κ3) is 4.63. The molecule has 1 atom stereocenters. The van der Waals surface area contributed by atoms with Crippen molar-refractivity contribution in [3.63, 3.8) is 0 Å². The van der Waals surface area contributed by atoms with Gasteiger partial charge in [0.25, 0.3) is 0 Å². The van der Waals surface area contributed by atoms with E-state index in [1.807, 2.05) is 30.3 Å². The monoisotopic (exact) mass is 325 g/mol. The van der Waals surface area contributed by atoms with Crippen molar-refractivity contribution < 1.29 is 9.90 Å². The number of hydrogen-bond acceptors (Lipinski definition) is 4. The summed E-state index contributed by atoms with van der Waals surface area (Å²) in [6.45, 7) is 2.97. The molecule has 0 unspecified atom stereocenters. The zero-order chi connectivity index (χ0) is 16.8. The minimum Gasteiger partial charge on any atom is -0.392 e. The first-order valence-electron chi connectivity index (χ1n) is 8.33. The Hall–Kier alpha value is -2.24. The highest BCUT2D eigenvalue weighted by Crippen LogP contribution is 2.16. The van der Waals surface area contributed by atoms with Crippen LogP contribution >= 0.6 is 0 Å². The van der Waals surface area contributed by atoms with Crippen LogP contribution in [0.4, 0.5) is 0 Å². The number of benzene rings is 1. The Balaban J connectivity index is 1.56. The van der Waals surface area contributed by atoms with Crippen molar-refractivity contribution in [1.82, 2.24) is 15.2 Å². The number of nitrogens with one attached hydrogen (secondary N) is 1. The maximum Gasteiger partial charge on any atom is 0.224 e. The highest BCUT2D eigenvalue weighted by atomic mass is 16.3. The van der Waals surface area contributed by atoms with Gasteiger partial charge >= 0.3 is 0 Å². The minimum atomic E-state index is -0.212. The lowest BCUT2D eigenvalue weighted by molar-refractivity contribution is -0.120. The summed E-state index contributed by atoms with van der Waals surface area (Å²) in [5.74, 6) is -0.00519. The van der Waals surface area contributed by atoms with Gasteiger partial charge in [-0.3, -0.25) is 14.7 Å². The highest BCUT2D eigenvalue weighted by molar-refractivity contribution is 5.78. The second kappa shape index (κ2) is 8.04. The second-order valence-corrected chi connectivity index (χ2v) is 6.26. The molecule has 1 saturated heterocycles. The molecule has 1 amide bonds. The lowest BCUT2D eigenvalue weighted by Gasteiger charge is -2.18. The molecule has 5 heteroatoms. The normalized spacial score (nSPS) is 17.8. The van der Waals surface area contributed by atoms with E-state index in [9.17, 15) is 9.90 Å². The first-order valence-corrected chi connectivity index (χ1v) is 8.33. The lowest BCUT2D eigenvalue weighted by atomic mass is 10.1.